The van der Waals surface area contributed by atoms with E-state index in [1.165, 1.54) is 7.11 Å². The van der Waals surface area contributed by atoms with Crippen molar-refractivity contribution in [2.75, 3.05) is 12.4 Å². The summed E-state index contributed by atoms with van der Waals surface area (Å²) in [5.74, 6) is -1.03. The summed E-state index contributed by atoms with van der Waals surface area (Å²) in [6.45, 7) is 0. The van der Waals surface area contributed by atoms with Crippen molar-refractivity contribution in [1.29, 1.82) is 0 Å². The van der Waals surface area contributed by atoms with Crippen molar-refractivity contribution in [2.45, 2.75) is 6.04 Å². The fraction of sp³-hybridized carbons (Fsp3) is 0.118. The summed E-state index contributed by atoms with van der Waals surface area (Å²) in [6, 6.07) is 13.6. The molecule has 3 amide bonds. The molecule has 0 bridgehead atoms. The number of hydrogen-bond donors (Lipinski definition) is 3. The SMILES string of the molecule is COC(=O)c1ccc(N[C@@H](C(=O)NC(N)=O)c2ccccc2)cc1. The maximum atomic E-state index is 12.2. The second-order valence-corrected chi connectivity index (χ2v) is 4.91. The van der Waals surface area contributed by atoms with Gasteiger partial charge < -0.3 is 15.8 Å². The lowest BCUT2D eigenvalue weighted by Crippen LogP contribution is -2.40. The number of rotatable bonds is 5. The van der Waals surface area contributed by atoms with Crippen molar-refractivity contribution in [3.8, 4) is 0 Å². The molecule has 0 aliphatic rings. The standard InChI is InChI=1S/C17H17N3O4/c1-24-16(22)12-7-9-13(10-8-12)19-14(15(21)20-17(18)23)11-5-3-2-4-6-11/h2-10,14,19H,1H3,(H3,18,20,21,23)/t14-/m1/s1. The second kappa shape index (κ2) is 7.77. The highest BCUT2D eigenvalue weighted by Gasteiger charge is 2.21. The van der Waals surface area contributed by atoms with Gasteiger partial charge in [0.15, 0.2) is 0 Å². The first-order valence-electron chi connectivity index (χ1n) is 7.11. The van der Waals surface area contributed by atoms with Crippen LogP contribution in [0.2, 0.25) is 0 Å². The Morgan fingerprint density at radius 1 is 1.00 bits per heavy atom. The zero-order valence-electron chi connectivity index (χ0n) is 13.0. The second-order valence-electron chi connectivity index (χ2n) is 4.91. The van der Waals surface area contributed by atoms with Gasteiger partial charge in [0.05, 0.1) is 12.7 Å². The van der Waals surface area contributed by atoms with Crippen LogP contribution < -0.4 is 16.4 Å². The van der Waals surface area contributed by atoms with Gasteiger partial charge in [0.1, 0.15) is 6.04 Å². The Morgan fingerprint density at radius 2 is 1.62 bits per heavy atom. The largest absolute Gasteiger partial charge is 0.465 e. The number of esters is 1. The molecule has 24 heavy (non-hydrogen) atoms. The van der Waals surface area contributed by atoms with Gasteiger partial charge in [0, 0.05) is 5.69 Å². The molecule has 4 N–H and O–H groups in total. The van der Waals surface area contributed by atoms with Crippen molar-refractivity contribution in [2.24, 2.45) is 5.73 Å². The van der Waals surface area contributed by atoms with Crippen LogP contribution in [0.3, 0.4) is 0 Å². The Morgan fingerprint density at radius 3 is 2.17 bits per heavy atom. The van der Waals surface area contributed by atoms with Crippen LogP contribution in [0.1, 0.15) is 22.0 Å². The van der Waals surface area contributed by atoms with E-state index in [1.807, 2.05) is 6.07 Å². The lowest BCUT2D eigenvalue weighted by atomic mass is 10.1. The fourth-order valence-corrected chi connectivity index (χ4v) is 2.13. The van der Waals surface area contributed by atoms with Crippen LogP contribution in [-0.2, 0) is 9.53 Å². The highest BCUT2D eigenvalue weighted by atomic mass is 16.5. The molecule has 2 rings (SSSR count). The molecule has 0 saturated heterocycles. The molecule has 0 saturated carbocycles. The van der Waals surface area contributed by atoms with Crippen LogP contribution in [0.25, 0.3) is 0 Å². The number of imide groups is 1. The minimum absolute atomic E-state index is 0.390. The van der Waals surface area contributed by atoms with E-state index >= 15 is 0 Å². The first-order chi connectivity index (χ1) is 11.5. The maximum absolute atomic E-state index is 12.2. The number of amides is 3. The minimum Gasteiger partial charge on any atom is -0.465 e. The molecule has 0 aliphatic heterocycles. The number of anilines is 1. The zero-order valence-corrected chi connectivity index (χ0v) is 13.0. The Kier molecular flexibility index (Phi) is 5.51. The Hall–Kier alpha value is -3.35. The van der Waals surface area contributed by atoms with Gasteiger partial charge >= 0.3 is 12.0 Å². The number of ether oxygens (including phenoxy) is 1. The van der Waals surface area contributed by atoms with Crippen molar-refractivity contribution in [1.82, 2.24) is 5.32 Å². The number of primary amides is 1. The number of hydrogen-bond acceptors (Lipinski definition) is 5. The van der Waals surface area contributed by atoms with E-state index in [4.69, 9.17) is 5.73 Å². The first-order valence-corrected chi connectivity index (χ1v) is 7.11. The maximum Gasteiger partial charge on any atom is 0.337 e. The number of benzene rings is 2. The summed E-state index contributed by atoms with van der Waals surface area (Å²) in [5.41, 5.74) is 6.66. The lowest BCUT2D eigenvalue weighted by Gasteiger charge is -2.19. The molecular formula is C17H17N3O4. The predicted molar refractivity (Wildman–Crippen MR) is 88.3 cm³/mol. The predicted octanol–water partition coefficient (Wildman–Crippen LogP) is 1.82. The summed E-state index contributed by atoms with van der Waals surface area (Å²) in [4.78, 5) is 34.6. The Bertz CT molecular complexity index is 729. The van der Waals surface area contributed by atoms with Gasteiger partial charge in [0.25, 0.3) is 5.91 Å². The van der Waals surface area contributed by atoms with Crippen molar-refractivity contribution in [3.05, 3.63) is 65.7 Å². The molecule has 1 atom stereocenters. The van der Waals surface area contributed by atoms with Crippen LogP contribution in [0.5, 0.6) is 0 Å². The number of methoxy groups -OCH3 is 1. The van der Waals surface area contributed by atoms with E-state index in [2.05, 4.69) is 15.4 Å². The van der Waals surface area contributed by atoms with Gasteiger partial charge in [-0.1, -0.05) is 30.3 Å². The number of carbonyl (C=O) groups is 3. The number of carbonyl (C=O) groups excluding carboxylic acids is 3. The molecular weight excluding hydrogens is 310 g/mol. The number of nitrogens with one attached hydrogen (secondary N) is 2. The van der Waals surface area contributed by atoms with Crippen molar-refractivity contribution in [3.63, 3.8) is 0 Å². The van der Waals surface area contributed by atoms with Crippen molar-refractivity contribution < 1.29 is 19.1 Å². The summed E-state index contributed by atoms with van der Waals surface area (Å²) in [5, 5.41) is 5.08. The fourth-order valence-electron chi connectivity index (χ4n) is 2.13. The first kappa shape index (κ1) is 17.0. The highest BCUT2D eigenvalue weighted by Crippen LogP contribution is 2.20. The monoisotopic (exact) mass is 327 g/mol. The molecule has 2 aromatic rings. The molecule has 0 fully saturated rings. The average Bonchev–Trinajstić information content (AvgIpc) is 2.59. The molecule has 0 aromatic heterocycles. The minimum atomic E-state index is -0.927. The van der Waals surface area contributed by atoms with Gasteiger partial charge in [0.2, 0.25) is 0 Å². The number of urea groups is 1. The molecule has 0 spiro atoms. The van der Waals surface area contributed by atoms with E-state index in [9.17, 15) is 14.4 Å². The van der Waals surface area contributed by atoms with Gasteiger partial charge in [-0.25, -0.2) is 9.59 Å². The molecule has 7 heteroatoms. The van der Waals surface area contributed by atoms with Gasteiger partial charge in [-0.05, 0) is 29.8 Å². The smallest absolute Gasteiger partial charge is 0.337 e. The van der Waals surface area contributed by atoms with Crippen LogP contribution in [0.4, 0.5) is 10.5 Å². The summed E-state index contributed by atoms with van der Waals surface area (Å²) in [6.07, 6.45) is 0. The van der Waals surface area contributed by atoms with Crippen LogP contribution in [0, 0.1) is 0 Å². The summed E-state index contributed by atoms with van der Waals surface area (Å²) < 4.78 is 4.63. The third-order valence-electron chi connectivity index (χ3n) is 3.26. The quantitative estimate of drug-likeness (QED) is 0.726. The lowest BCUT2D eigenvalue weighted by molar-refractivity contribution is -0.120. The van der Waals surface area contributed by atoms with E-state index in [0.717, 1.165) is 0 Å². The Labute approximate surface area is 138 Å². The molecule has 0 unspecified atom stereocenters. The third kappa shape index (κ3) is 4.33. The molecule has 7 nitrogen and oxygen atoms in total. The van der Waals surface area contributed by atoms with E-state index < -0.39 is 23.9 Å². The topological polar surface area (TPSA) is 111 Å². The van der Waals surface area contributed by atoms with Gasteiger partial charge in [-0.3, -0.25) is 10.1 Å². The third-order valence-corrected chi connectivity index (χ3v) is 3.26. The summed E-state index contributed by atoms with van der Waals surface area (Å²) >= 11 is 0. The molecule has 0 heterocycles. The molecule has 2 aromatic carbocycles. The average molecular weight is 327 g/mol. The van der Waals surface area contributed by atoms with Crippen molar-refractivity contribution >= 4 is 23.6 Å². The van der Waals surface area contributed by atoms with E-state index in [1.54, 1.807) is 48.5 Å². The van der Waals surface area contributed by atoms with Crippen LogP contribution in [-0.4, -0.2) is 25.0 Å². The van der Waals surface area contributed by atoms with E-state index in [-0.39, 0.29) is 0 Å². The van der Waals surface area contributed by atoms with Crippen LogP contribution in [0.15, 0.2) is 54.6 Å². The van der Waals surface area contributed by atoms with Gasteiger partial charge in [-0.15, -0.1) is 0 Å². The molecule has 0 aliphatic carbocycles. The Balaban J connectivity index is 2.23. The van der Waals surface area contributed by atoms with Gasteiger partial charge in [-0.2, -0.15) is 0 Å². The van der Waals surface area contributed by atoms with E-state index in [0.29, 0.717) is 16.8 Å². The molecule has 0 radical (unpaired) electrons. The normalized spacial score (nSPS) is 11.2. The summed E-state index contributed by atoms with van der Waals surface area (Å²) in [7, 11) is 1.30. The van der Waals surface area contributed by atoms with Crippen LogP contribution >= 0.6 is 0 Å². The number of nitrogens with two attached hydrogens (primary N) is 1. The molecule has 124 valence electrons. The zero-order chi connectivity index (χ0) is 17.5. The highest BCUT2D eigenvalue weighted by molar-refractivity contribution is 5.98.